The Morgan fingerprint density at radius 3 is 1.36 bits per heavy atom. The van der Waals surface area contributed by atoms with Crippen molar-refractivity contribution in [3.05, 3.63) is 30.3 Å². The van der Waals surface area contributed by atoms with Crippen LogP contribution in [0.5, 0.6) is 0 Å². The van der Waals surface area contributed by atoms with Gasteiger partial charge in [0, 0.05) is 0 Å². The Morgan fingerprint density at radius 2 is 1.00 bits per heavy atom. The summed E-state index contributed by atoms with van der Waals surface area (Å²) in [7, 11) is 0. The van der Waals surface area contributed by atoms with Gasteiger partial charge in [-0.25, -0.2) is 0 Å². The van der Waals surface area contributed by atoms with Crippen molar-refractivity contribution >= 4 is 12.1 Å². The molecule has 1 aromatic carbocycles. The predicted octanol–water partition coefficient (Wildman–Crippen LogP) is 8.56. The molecule has 0 unspecified atom stereocenters. The van der Waals surface area contributed by atoms with Crippen LogP contribution >= 0.6 is 6.83 Å². The third-order valence-electron chi connectivity index (χ3n) is 6.47. The topological polar surface area (TPSA) is 9.23 Å². The van der Waals surface area contributed by atoms with E-state index in [0.29, 0.717) is 0 Å². The number of hydrogen-bond donors (Lipinski definition) is 0. The van der Waals surface area contributed by atoms with Crippen LogP contribution in [0.25, 0.3) is 0 Å². The number of hydrogen-bond acceptors (Lipinski definition) is 1. The number of benzene rings is 1. The van der Waals surface area contributed by atoms with E-state index in [9.17, 15) is 0 Å². The van der Waals surface area contributed by atoms with Crippen molar-refractivity contribution in [2.75, 3.05) is 25.1 Å². The normalized spacial score (nSPS) is 13.4. The molecule has 0 aromatic heterocycles. The quantitative estimate of drug-likeness (QED) is 0.175. The van der Waals surface area contributed by atoms with Gasteiger partial charge in [0.1, 0.15) is 0 Å². The van der Waals surface area contributed by atoms with E-state index in [4.69, 9.17) is 4.52 Å². The average molecular weight is 409 g/mol. The van der Waals surface area contributed by atoms with E-state index < -0.39 is 6.83 Å². The molecule has 0 aliphatic rings. The molecule has 0 saturated heterocycles. The van der Waals surface area contributed by atoms with Gasteiger partial charge in [0.15, 0.2) is 0 Å². The molecule has 1 rings (SSSR count). The van der Waals surface area contributed by atoms with Crippen molar-refractivity contribution in [2.45, 2.75) is 105 Å². The predicted molar refractivity (Wildman–Crippen MR) is 132 cm³/mol. The summed E-state index contributed by atoms with van der Waals surface area (Å²) in [5, 5.41) is 1.57. The molecular formula is C26H49OP. The van der Waals surface area contributed by atoms with Crippen LogP contribution in [0.3, 0.4) is 0 Å². The Bertz CT molecular complexity index is 450. The zero-order valence-electron chi connectivity index (χ0n) is 19.6. The van der Waals surface area contributed by atoms with Crippen molar-refractivity contribution in [2.24, 2.45) is 0 Å². The summed E-state index contributed by atoms with van der Waals surface area (Å²) in [6, 6.07) is 11.5. The zero-order valence-corrected chi connectivity index (χ0v) is 20.5. The molecule has 0 fully saturated rings. The Kier molecular flexibility index (Phi) is 13.3. The first-order valence-electron chi connectivity index (χ1n) is 12.4. The molecule has 0 atom stereocenters. The average Bonchev–Trinajstić information content (AvgIpc) is 2.73. The van der Waals surface area contributed by atoms with Crippen LogP contribution in [-0.4, -0.2) is 25.1 Å². The molecule has 0 saturated carbocycles. The molecule has 1 aromatic rings. The van der Waals surface area contributed by atoms with Crippen LogP contribution in [0.15, 0.2) is 30.3 Å². The van der Waals surface area contributed by atoms with Gasteiger partial charge in [-0.05, 0) is 0 Å². The first-order valence-corrected chi connectivity index (χ1v) is 15.1. The van der Waals surface area contributed by atoms with E-state index in [1.165, 1.54) is 95.5 Å². The first-order chi connectivity index (χ1) is 13.7. The van der Waals surface area contributed by atoms with E-state index in [1.807, 2.05) is 0 Å². The van der Waals surface area contributed by atoms with Crippen molar-refractivity contribution < 1.29 is 4.52 Å². The monoisotopic (exact) mass is 408 g/mol. The Labute approximate surface area is 177 Å². The molecule has 2 heteroatoms. The van der Waals surface area contributed by atoms with Crippen LogP contribution in [0.1, 0.15) is 105 Å². The second-order valence-corrected chi connectivity index (χ2v) is 14.1. The van der Waals surface area contributed by atoms with Crippen LogP contribution < -0.4 is 5.30 Å². The SMILES string of the molecule is CCCCCCP(CCCCCC)(CCCCCC)(OCC)c1ccccc1. The van der Waals surface area contributed by atoms with Gasteiger partial charge in [0.25, 0.3) is 0 Å². The molecule has 1 nitrogen and oxygen atoms in total. The first kappa shape index (κ1) is 25.6. The fourth-order valence-corrected chi connectivity index (χ4v) is 11.3. The second-order valence-electron chi connectivity index (χ2n) is 8.73. The van der Waals surface area contributed by atoms with Crippen LogP contribution in [0.4, 0.5) is 0 Å². The summed E-state index contributed by atoms with van der Waals surface area (Å²) < 4.78 is 7.07. The van der Waals surface area contributed by atoms with Crippen molar-refractivity contribution in [1.82, 2.24) is 0 Å². The summed E-state index contributed by atoms with van der Waals surface area (Å²) >= 11 is 0. The van der Waals surface area contributed by atoms with Crippen LogP contribution in [-0.2, 0) is 4.52 Å². The maximum atomic E-state index is 7.07. The van der Waals surface area contributed by atoms with Gasteiger partial charge in [-0.15, -0.1) is 0 Å². The van der Waals surface area contributed by atoms with Crippen molar-refractivity contribution in [3.8, 4) is 0 Å². The maximum absolute atomic E-state index is 7.07. The Hall–Kier alpha value is -0.390. The van der Waals surface area contributed by atoms with E-state index in [2.05, 4.69) is 58.0 Å². The molecule has 0 N–H and O–H groups in total. The van der Waals surface area contributed by atoms with E-state index in [1.54, 1.807) is 5.30 Å². The van der Waals surface area contributed by atoms with Gasteiger partial charge < -0.3 is 0 Å². The molecule has 0 aliphatic heterocycles. The summed E-state index contributed by atoms with van der Waals surface area (Å²) in [5.74, 6) is 0. The van der Waals surface area contributed by atoms with Crippen LogP contribution in [0, 0.1) is 0 Å². The molecule has 0 spiro atoms. The molecule has 0 aliphatic carbocycles. The van der Waals surface area contributed by atoms with Gasteiger partial charge in [0.2, 0.25) is 0 Å². The third kappa shape index (κ3) is 7.79. The number of rotatable bonds is 18. The van der Waals surface area contributed by atoms with Crippen molar-refractivity contribution in [3.63, 3.8) is 0 Å². The summed E-state index contributed by atoms with van der Waals surface area (Å²) in [6.45, 7) is 7.66. The Balaban J connectivity index is 3.21. The zero-order chi connectivity index (χ0) is 20.6. The molecule has 0 amide bonds. The van der Waals surface area contributed by atoms with Gasteiger partial charge >= 0.3 is 177 Å². The molecule has 164 valence electrons. The molecule has 28 heavy (non-hydrogen) atoms. The number of unbranched alkanes of at least 4 members (excludes halogenated alkanes) is 9. The van der Waals surface area contributed by atoms with E-state index in [-0.39, 0.29) is 0 Å². The standard InChI is InChI=1S/C26H49OP/c1-5-9-12-18-23-28(27-8-4,24-19-13-10-6-2,25-20-14-11-7-3)26-21-16-15-17-22-26/h15-17,21-22H,5-14,18-20,23-25H2,1-4H3. The van der Waals surface area contributed by atoms with Gasteiger partial charge in [-0.1, -0.05) is 0 Å². The van der Waals surface area contributed by atoms with Crippen molar-refractivity contribution in [1.29, 1.82) is 0 Å². The molecule has 0 radical (unpaired) electrons. The Morgan fingerprint density at radius 1 is 0.571 bits per heavy atom. The van der Waals surface area contributed by atoms with Crippen LogP contribution in [0.2, 0.25) is 0 Å². The van der Waals surface area contributed by atoms with E-state index in [0.717, 1.165) is 6.61 Å². The van der Waals surface area contributed by atoms with E-state index >= 15 is 0 Å². The summed E-state index contributed by atoms with van der Waals surface area (Å²) in [5.41, 5.74) is 0. The second kappa shape index (κ2) is 14.6. The molecule has 0 bridgehead atoms. The molecule has 0 heterocycles. The summed E-state index contributed by atoms with van der Waals surface area (Å²) in [4.78, 5) is 0. The van der Waals surface area contributed by atoms with Gasteiger partial charge in [0.05, 0.1) is 0 Å². The third-order valence-corrected chi connectivity index (χ3v) is 13.1. The summed E-state index contributed by atoms with van der Waals surface area (Å²) in [6.07, 6.45) is 20.0. The van der Waals surface area contributed by atoms with Gasteiger partial charge in [-0.3, -0.25) is 0 Å². The fourth-order valence-electron chi connectivity index (χ4n) is 4.85. The minimum absolute atomic E-state index is 0.863. The van der Waals surface area contributed by atoms with Gasteiger partial charge in [-0.2, -0.15) is 0 Å². The molecular weight excluding hydrogens is 359 g/mol. The minimum atomic E-state index is -2.37. The fraction of sp³-hybridized carbons (Fsp3) is 0.769.